The van der Waals surface area contributed by atoms with Crippen molar-refractivity contribution in [1.29, 1.82) is 0 Å². The van der Waals surface area contributed by atoms with Gasteiger partial charge in [-0.3, -0.25) is 4.90 Å². The van der Waals surface area contributed by atoms with Crippen molar-refractivity contribution in [3.63, 3.8) is 0 Å². The standard InChI is InChI=1S/C23H29NO3.ClH/c1-18-8-6-10-20(16-18)23(26,21-11-7-9-19(2)17-21)22(25)27-15-14-24-12-4-3-5-13-24;/h6-11,16-17,26H,3-5,12-15H2,1-2H3;1H. The van der Waals surface area contributed by atoms with Crippen LogP contribution in [-0.2, 0) is 15.1 Å². The van der Waals surface area contributed by atoms with Crippen LogP contribution in [0.15, 0.2) is 48.5 Å². The quantitative estimate of drug-likeness (QED) is 0.741. The number of carbonyl (C=O) groups is 1. The van der Waals surface area contributed by atoms with Crippen LogP contribution in [0.5, 0.6) is 0 Å². The van der Waals surface area contributed by atoms with E-state index in [4.69, 9.17) is 4.74 Å². The van der Waals surface area contributed by atoms with Gasteiger partial charge in [-0.25, -0.2) is 4.79 Å². The van der Waals surface area contributed by atoms with Gasteiger partial charge < -0.3 is 9.84 Å². The van der Waals surface area contributed by atoms with Gasteiger partial charge in [-0.05, 0) is 50.9 Å². The van der Waals surface area contributed by atoms with Gasteiger partial charge >= 0.3 is 5.97 Å². The molecule has 2 aromatic rings. The Labute approximate surface area is 173 Å². The Morgan fingerprint density at radius 3 is 2.04 bits per heavy atom. The highest BCUT2D eigenvalue weighted by Crippen LogP contribution is 2.32. The molecule has 1 heterocycles. The Bertz CT molecular complexity index is 741. The summed E-state index contributed by atoms with van der Waals surface area (Å²) in [5.74, 6) is -0.615. The first kappa shape index (κ1) is 22.4. The number of piperidine rings is 1. The fraction of sp³-hybridized carbons (Fsp3) is 0.435. The number of likely N-dealkylation sites (tertiary alicyclic amines) is 1. The lowest BCUT2D eigenvalue weighted by Gasteiger charge is -2.29. The predicted molar refractivity (Wildman–Crippen MR) is 114 cm³/mol. The monoisotopic (exact) mass is 403 g/mol. The molecule has 1 aliphatic rings. The molecule has 0 unspecified atom stereocenters. The molecule has 0 spiro atoms. The van der Waals surface area contributed by atoms with E-state index in [2.05, 4.69) is 4.90 Å². The average molecular weight is 404 g/mol. The van der Waals surface area contributed by atoms with Gasteiger partial charge in [-0.15, -0.1) is 12.4 Å². The summed E-state index contributed by atoms with van der Waals surface area (Å²) < 4.78 is 5.57. The highest BCUT2D eigenvalue weighted by molar-refractivity contribution is 5.86. The zero-order valence-corrected chi connectivity index (χ0v) is 17.5. The van der Waals surface area contributed by atoms with E-state index in [9.17, 15) is 9.90 Å². The molecule has 0 bridgehead atoms. The van der Waals surface area contributed by atoms with Crippen LogP contribution in [0.4, 0.5) is 0 Å². The molecule has 152 valence electrons. The zero-order chi connectivity index (χ0) is 19.3. The van der Waals surface area contributed by atoms with E-state index >= 15 is 0 Å². The molecule has 4 nitrogen and oxygen atoms in total. The molecule has 0 aromatic heterocycles. The molecule has 2 aromatic carbocycles. The largest absolute Gasteiger partial charge is 0.462 e. The van der Waals surface area contributed by atoms with Crippen molar-refractivity contribution in [2.45, 2.75) is 38.7 Å². The molecule has 0 atom stereocenters. The lowest BCUT2D eigenvalue weighted by Crippen LogP contribution is -2.40. The first-order chi connectivity index (χ1) is 13.0. The number of esters is 1. The SMILES string of the molecule is Cc1cccc(C(O)(C(=O)OCCN2CCCCC2)c2cccc(C)c2)c1.Cl. The minimum Gasteiger partial charge on any atom is -0.462 e. The van der Waals surface area contributed by atoms with E-state index in [1.165, 1.54) is 19.3 Å². The summed E-state index contributed by atoms with van der Waals surface area (Å²) in [5, 5.41) is 11.5. The van der Waals surface area contributed by atoms with Gasteiger partial charge in [-0.1, -0.05) is 66.1 Å². The first-order valence-corrected chi connectivity index (χ1v) is 9.76. The summed E-state index contributed by atoms with van der Waals surface area (Å²) >= 11 is 0. The number of carbonyl (C=O) groups excluding carboxylic acids is 1. The normalized spacial score (nSPS) is 15.0. The number of aliphatic hydroxyl groups is 1. The van der Waals surface area contributed by atoms with Crippen LogP contribution >= 0.6 is 12.4 Å². The van der Waals surface area contributed by atoms with Crippen molar-refractivity contribution in [2.75, 3.05) is 26.2 Å². The fourth-order valence-electron chi connectivity index (χ4n) is 3.70. The number of rotatable bonds is 6. The van der Waals surface area contributed by atoms with Crippen LogP contribution in [0.3, 0.4) is 0 Å². The van der Waals surface area contributed by atoms with E-state index in [1.807, 2.05) is 50.2 Å². The van der Waals surface area contributed by atoms with Crippen molar-refractivity contribution in [2.24, 2.45) is 0 Å². The van der Waals surface area contributed by atoms with Crippen LogP contribution in [0.2, 0.25) is 0 Å². The first-order valence-electron chi connectivity index (χ1n) is 9.76. The second-order valence-corrected chi connectivity index (χ2v) is 7.49. The van der Waals surface area contributed by atoms with Crippen molar-refractivity contribution in [3.05, 3.63) is 70.8 Å². The maximum absolute atomic E-state index is 13.0. The van der Waals surface area contributed by atoms with Crippen LogP contribution < -0.4 is 0 Å². The molecule has 1 aliphatic heterocycles. The Hall–Kier alpha value is -1.88. The average Bonchev–Trinajstić information content (AvgIpc) is 2.68. The second-order valence-electron chi connectivity index (χ2n) is 7.49. The van der Waals surface area contributed by atoms with Gasteiger partial charge in [0.25, 0.3) is 0 Å². The summed E-state index contributed by atoms with van der Waals surface area (Å²) in [4.78, 5) is 15.4. The summed E-state index contributed by atoms with van der Waals surface area (Å²) in [7, 11) is 0. The topological polar surface area (TPSA) is 49.8 Å². The smallest absolute Gasteiger partial charge is 0.347 e. The Morgan fingerprint density at radius 2 is 1.54 bits per heavy atom. The molecule has 1 N–H and O–H groups in total. The van der Waals surface area contributed by atoms with Gasteiger partial charge in [0.15, 0.2) is 0 Å². The van der Waals surface area contributed by atoms with Crippen LogP contribution in [-0.4, -0.2) is 42.2 Å². The van der Waals surface area contributed by atoms with Crippen LogP contribution in [0.1, 0.15) is 41.5 Å². The number of nitrogens with zero attached hydrogens (tertiary/aromatic N) is 1. The van der Waals surface area contributed by atoms with Gasteiger partial charge in [0, 0.05) is 6.54 Å². The summed E-state index contributed by atoms with van der Waals surface area (Å²) in [6, 6.07) is 14.8. The van der Waals surface area contributed by atoms with Crippen molar-refractivity contribution >= 4 is 18.4 Å². The zero-order valence-electron chi connectivity index (χ0n) is 16.7. The highest BCUT2D eigenvalue weighted by Gasteiger charge is 2.42. The maximum atomic E-state index is 13.0. The van der Waals surface area contributed by atoms with Gasteiger partial charge in [-0.2, -0.15) is 0 Å². The molecule has 3 rings (SSSR count). The number of ether oxygens (including phenoxy) is 1. The highest BCUT2D eigenvalue weighted by atomic mass is 35.5. The van der Waals surface area contributed by atoms with Gasteiger partial charge in [0.1, 0.15) is 6.61 Å². The molecule has 1 saturated heterocycles. The van der Waals surface area contributed by atoms with Crippen LogP contribution in [0.25, 0.3) is 0 Å². The van der Waals surface area contributed by atoms with Crippen LogP contribution in [0, 0.1) is 13.8 Å². The van der Waals surface area contributed by atoms with E-state index in [1.54, 1.807) is 12.1 Å². The number of hydrogen-bond donors (Lipinski definition) is 1. The minimum atomic E-state index is -1.81. The van der Waals surface area contributed by atoms with Crippen molar-refractivity contribution < 1.29 is 14.6 Å². The van der Waals surface area contributed by atoms with Crippen molar-refractivity contribution in [3.8, 4) is 0 Å². The Balaban J connectivity index is 0.00000280. The lowest BCUT2D eigenvalue weighted by atomic mass is 9.85. The maximum Gasteiger partial charge on any atom is 0.347 e. The molecule has 1 fully saturated rings. The summed E-state index contributed by atoms with van der Waals surface area (Å²) in [5.41, 5.74) is 1.24. The molecule has 0 saturated carbocycles. The molecular formula is C23H30ClNO3. The van der Waals surface area contributed by atoms with Gasteiger partial charge in [0.2, 0.25) is 5.60 Å². The number of aryl methyl sites for hydroxylation is 2. The Morgan fingerprint density at radius 1 is 1.00 bits per heavy atom. The van der Waals surface area contributed by atoms with E-state index in [0.29, 0.717) is 24.3 Å². The number of halogens is 1. The third kappa shape index (κ3) is 5.13. The predicted octanol–water partition coefficient (Wildman–Crippen LogP) is 3.99. The van der Waals surface area contributed by atoms with E-state index in [-0.39, 0.29) is 12.4 Å². The van der Waals surface area contributed by atoms with Gasteiger partial charge in [0.05, 0.1) is 0 Å². The molecule has 0 aliphatic carbocycles. The summed E-state index contributed by atoms with van der Waals surface area (Å²) in [6.07, 6.45) is 3.67. The third-order valence-electron chi connectivity index (χ3n) is 5.26. The third-order valence-corrected chi connectivity index (χ3v) is 5.26. The van der Waals surface area contributed by atoms with E-state index in [0.717, 1.165) is 24.2 Å². The Kier molecular flexibility index (Phi) is 8.05. The molecule has 0 radical (unpaired) electrons. The molecule has 0 amide bonds. The fourth-order valence-corrected chi connectivity index (χ4v) is 3.70. The lowest BCUT2D eigenvalue weighted by molar-refractivity contribution is -0.162. The number of hydrogen-bond acceptors (Lipinski definition) is 4. The van der Waals surface area contributed by atoms with Crippen molar-refractivity contribution in [1.82, 2.24) is 4.90 Å². The molecule has 5 heteroatoms. The molecule has 28 heavy (non-hydrogen) atoms. The van der Waals surface area contributed by atoms with E-state index < -0.39 is 11.6 Å². The number of benzene rings is 2. The minimum absolute atomic E-state index is 0. The molecular weight excluding hydrogens is 374 g/mol. The summed E-state index contributed by atoms with van der Waals surface area (Å²) in [6.45, 7) is 7.00. The second kappa shape index (κ2) is 10.1.